The first kappa shape index (κ1) is 21.0. The van der Waals surface area contributed by atoms with Crippen LogP contribution < -0.4 is 10.1 Å². The van der Waals surface area contributed by atoms with Crippen LogP contribution in [0.2, 0.25) is 0 Å². The summed E-state index contributed by atoms with van der Waals surface area (Å²) in [7, 11) is 0. The number of ether oxygens (including phenoxy) is 2. The van der Waals surface area contributed by atoms with Crippen molar-refractivity contribution in [3.05, 3.63) is 72.1 Å². The Morgan fingerprint density at radius 1 is 1.12 bits per heavy atom. The van der Waals surface area contributed by atoms with Gasteiger partial charge in [0.1, 0.15) is 12.0 Å². The molecule has 0 saturated carbocycles. The zero-order valence-corrected chi connectivity index (χ0v) is 17.3. The van der Waals surface area contributed by atoms with Gasteiger partial charge in [0.15, 0.2) is 0 Å². The molecular weight excluding hydrogens is 421 g/mol. The highest BCUT2D eigenvalue weighted by molar-refractivity contribution is 5.62. The molecule has 1 spiro atoms. The molecule has 3 atom stereocenters. The minimum absolute atomic E-state index is 0.0160. The second-order valence-corrected chi connectivity index (χ2v) is 8.31. The van der Waals surface area contributed by atoms with Gasteiger partial charge < -0.3 is 19.2 Å². The van der Waals surface area contributed by atoms with Crippen molar-refractivity contribution in [3.8, 4) is 17.2 Å². The van der Waals surface area contributed by atoms with E-state index in [1.54, 1.807) is 6.07 Å². The second kappa shape index (κ2) is 8.26. The largest absolute Gasteiger partial charge is 0.573 e. The number of alkyl halides is 3. The minimum Gasteiger partial charge on any atom is -0.445 e. The van der Waals surface area contributed by atoms with E-state index in [1.165, 1.54) is 24.6 Å². The number of piperidine rings is 1. The van der Waals surface area contributed by atoms with Crippen molar-refractivity contribution in [2.75, 3.05) is 13.2 Å². The van der Waals surface area contributed by atoms with E-state index in [4.69, 9.17) is 9.15 Å². The fourth-order valence-electron chi connectivity index (χ4n) is 5.04. The maximum absolute atomic E-state index is 12.9. The molecule has 8 heteroatoms. The molecule has 32 heavy (non-hydrogen) atoms. The van der Waals surface area contributed by atoms with Crippen LogP contribution in [-0.2, 0) is 4.74 Å². The van der Waals surface area contributed by atoms with Crippen LogP contribution in [0.1, 0.15) is 42.3 Å². The Kier molecular flexibility index (Phi) is 5.43. The van der Waals surface area contributed by atoms with Crippen LogP contribution in [0.15, 0.2) is 65.4 Å². The lowest BCUT2D eigenvalue weighted by Gasteiger charge is -2.41. The summed E-state index contributed by atoms with van der Waals surface area (Å²) in [6, 6.07) is 14.5. The number of nitrogens with one attached hydrogen (secondary N) is 1. The third kappa shape index (κ3) is 4.12. The lowest BCUT2D eigenvalue weighted by Crippen LogP contribution is -2.48. The van der Waals surface area contributed by atoms with Gasteiger partial charge in [-0.25, -0.2) is 4.98 Å². The van der Waals surface area contributed by atoms with Crippen molar-refractivity contribution in [2.24, 2.45) is 0 Å². The smallest absolute Gasteiger partial charge is 0.445 e. The molecule has 0 amide bonds. The Bertz CT molecular complexity index is 1060. The molecule has 2 aromatic carbocycles. The first-order chi connectivity index (χ1) is 15.4. The summed E-state index contributed by atoms with van der Waals surface area (Å²) in [4.78, 5) is 4.21. The van der Waals surface area contributed by atoms with Crippen LogP contribution in [-0.4, -0.2) is 30.1 Å². The number of benzene rings is 2. The van der Waals surface area contributed by atoms with Crippen molar-refractivity contribution in [1.29, 1.82) is 0 Å². The van der Waals surface area contributed by atoms with Crippen molar-refractivity contribution in [3.63, 3.8) is 0 Å². The van der Waals surface area contributed by atoms with Crippen molar-refractivity contribution in [1.82, 2.24) is 10.3 Å². The van der Waals surface area contributed by atoms with Gasteiger partial charge in [-0.05, 0) is 55.1 Å². The second-order valence-electron chi connectivity index (χ2n) is 8.31. The summed E-state index contributed by atoms with van der Waals surface area (Å²) >= 11 is 0. The van der Waals surface area contributed by atoms with Crippen LogP contribution in [0.4, 0.5) is 13.2 Å². The summed E-state index contributed by atoms with van der Waals surface area (Å²) in [5.41, 5.74) is 2.05. The average molecular weight is 444 g/mol. The number of hydrogen-bond donors (Lipinski definition) is 1. The van der Waals surface area contributed by atoms with Gasteiger partial charge >= 0.3 is 6.36 Å². The molecule has 5 rings (SSSR count). The maximum Gasteiger partial charge on any atom is 0.573 e. The molecule has 1 N–H and O–H groups in total. The molecule has 3 aromatic rings. The summed E-state index contributed by atoms with van der Waals surface area (Å²) in [6.45, 7) is 1.29. The van der Waals surface area contributed by atoms with Crippen molar-refractivity contribution < 1.29 is 27.1 Å². The summed E-state index contributed by atoms with van der Waals surface area (Å²) in [5, 5.41) is 3.60. The molecule has 2 saturated heterocycles. The highest BCUT2D eigenvalue weighted by Gasteiger charge is 2.49. The first-order valence-corrected chi connectivity index (χ1v) is 10.7. The van der Waals surface area contributed by atoms with E-state index in [-0.39, 0.29) is 17.7 Å². The van der Waals surface area contributed by atoms with Gasteiger partial charge in [0.05, 0.1) is 24.4 Å². The van der Waals surface area contributed by atoms with Crippen molar-refractivity contribution in [2.45, 2.75) is 43.2 Å². The van der Waals surface area contributed by atoms with Gasteiger partial charge in [0.2, 0.25) is 5.89 Å². The van der Waals surface area contributed by atoms with Crippen LogP contribution in [0.25, 0.3) is 11.5 Å². The van der Waals surface area contributed by atoms with E-state index in [0.717, 1.165) is 24.9 Å². The molecule has 2 aliphatic rings. The quantitative estimate of drug-likeness (QED) is 0.567. The fourth-order valence-corrected chi connectivity index (χ4v) is 5.04. The van der Waals surface area contributed by atoms with Crippen LogP contribution in [0.5, 0.6) is 5.75 Å². The molecule has 0 radical (unpaired) electrons. The highest BCUT2D eigenvalue weighted by Crippen LogP contribution is 2.50. The fraction of sp³-hybridized carbons (Fsp3) is 0.375. The zero-order chi connectivity index (χ0) is 22.2. The van der Waals surface area contributed by atoms with E-state index in [0.29, 0.717) is 30.0 Å². The average Bonchev–Trinajstić information content (AvgIpc) is 3.45. The Labute approximate surface area is 183 Å². The predicted octanol–water partition coefficient (Wildman–Crippen LogP) is 5.61. The molecule has 2 aliphatic heterocycles. The molecule has 0 aliphatic carbocycles. The number of hydrogen-bond acceptors (Lipinski definition) is 5. The van der Waals surface area contributed by atoms with Gasteiger partial charge in [-0.3, -0.25) is 0 Å². The van der Waals surface area contributed by atoms with Crippen LogP contribution >= 0.6 is 0 Å². The SMILES string of the molecule is FC(F)(F)Oc1ccc(-c2ncco2)c([C@@H]2CO[C@]3(CCCN[C@H]3c3ccccc3)C2)c1. The van der Waals surface area contributed by atoms with Gasteiger partial charge in [-0.15, -0.1) is 13.2 Å². The molecule has 5 nitrogen and oxygen atoms in total. The topological polar surface area (TPSA) is 56.5 Å². The third-order valence-corrected chi connectivity index (χ3v) is 6.31. The molecule has 2 fully saturated rings. The van der Waals surface area contributed by atoms with Crippen LogP contribution in [0.3, 0.4) is 0 Å². The standard InChI is InChI=1S/C24H23F3N2O3/c25-24(26,27)32-18-7-8-19(22-29-11-12-30-22)20(13-18)17-14-23(31-15-17)9-4-10-28-21(23)16-5-2-1-3-6-16/h1-3,5-8,11-13,17,21,28H,4,9-10,14-15H2/t17-,21-,23+/m0/s1. The Hall–Kier alpha value is -2.84. The maximum atomic E-state index is 12.9. The molecular formula is C24H23F3N2O3. The number of nitrogens with zero attached hydrogens (tertiary/aromatic N) is 1. The zero-order valence-electron chi connectivity index (χ0n) is 17.3. The number of aromatic nitrogens is 1. The Morgan fingerprint density at radius 3 is 2.72 bits per heavy atom. The van der Waals surface area contributed by atoms with E-state index in [1.807, 2.05) is 18.2 Å². The highest BCUT2D eigenvalue weighted by atomic mass is 19.4. The Balaban J connectivity index is 1.50. The molecule has 3 heterocycles. The number of oxazole rings is 1. The van der Waals surface area contributed by atoms with Gasteiger partial charge in [-0.1, -0.05) is 30.3 Å². The number of rotatable bonds is 4. The first-order valence-electron chi connectivity index (χ1n) is 10.7. The normalized spacial score (nSPS) is 25.8. The van der Waals surface area contributed by atoms with Crippen LogP contribution in [0, 0.1) is 0 Å². The predicted molar refractivity (Wildman–Crippen MR) is 111 cm³/mol. The monoisotopic (exact) mass is 444 g/mol. The lowest BCUT2D eigenvalue weighted by atomic mass is 9.76. The molecule has 0 bridgehead atoms. The third-order valence-electron chi connectivity index (χ3n) is 6.31. The minimum atomic E-state index is -4.76. The molecule has 1 aromatic heterocycles. The van der Waals surface area contributed by atoms with E-state index in [9.17, 15) is 13.2 Å². The Morgan fingerprint density at radius 2 is 1.97 bits per heavy atom. The molecule has 0 unspecified atom stereocenters. The van der Waals surface area contributed by atoms with E-state index >= 15 is 0 Å². The summed E-state index contributed by atoms with van der Waals surface area (Å²) in [6.07, 6.45) is 0.720. The van der Waals surface area contributed by atoms with Crippen molar-refractivity contribution >= 4 is 0 Å². The van der Waals surface area contributed by atoms with E-state index in [2.05, 4.69) is 27.2 Å². The van der Waals surface area contributed by atoms with Gasteiger partial charge in [0, 0.05) is 11.5 Å². The van der Waals surface area contributed by atoms with E-state index < -0.39 is 12.0 Å². The summed E-state index contributed by atoms with van der Waals surface area (Å²) in [5.74, 6) is -0.0224. The molecule has 168 valence electrons. The lowest BCUT2D eigenvalue weighted by molar-refractivity contribution is -0.274. The number of halogens is 3. The van der Waals surface area contributed by atoms with Gasteiger partial charge in [-0.2, -0.15) is 0 Å². The summed E-state index contributed by atoms with van der Waals surface area (Å²) < 4.78 is 54.7. The van der Waals surface area contributed by atoms with Gasteiger partial charge in [0.25, 0.3) is 0 Å².